The Morgan fingerprint density at radius 2 is 1.61 bits per heavy atom. The van der Waals surface area contributed by atoms with Crippen molar-refractivity contribution in [3.05, 3.63) is 65.7 Å². The fourth-order valence-electron chi connectivity index (χ4n) is 2.06. The third kappa shape index (κ3) is 4.81. The summed E-state index contributed by atoms with van der Waals surface area (Å²) < 4.78 is 0. The molecule has 0 atom stereocenters. The second-order valence-electron chi connectivity index (χ2n) is 5.11. The van der Waals surface area contributed by atoms with Crippen LogP contribution in [-0.2, 0) is 9.59 Å². The topological polar surface area (TPSA) is 58.2 Å². The summed E-state index contributed by atoms with van der Waals surface area (Å²) in [4.78, 5) is 23.6. The standard InChI is InChI=1S/C19H20N2O2/c1-3-18(22)20-16-10-7-11-17(14(16)2)21-19(23)13-12-15-8-5-4-6-9-15/h4-13H,3H2,1-2H3,(H,20,22)(H,21,23). The van der Waals surface area contributed by atoms with Crippen LogP contribution in [0.2, 0.25) is 0 Å². The molecule has 118 valence electrons. The summed E-state index contributed by atoms with van der Waals surface area (Å²) in [6.07, 6.45) is 3.66. The van der Waals surface area contributed by atoms with Gasteiger partial charge >= 0.3 is 0 Å². The van der Waals surface area contributed by atoms with Crippen LogP contribution >= 0.6 is 0 Å². The molecule has 0 aliphatic heterocycles. The van der Waals surface area contributed by atoms with Gasteiger partial charge in [-0.25, -0.2) is 0 Å². The molecule has 0 unspecified atom stereocenters. The maximum atomic E-state index is 12.0. The average Bonchev–Trinajstić information content (AvgIpc) is 2.57. The summed E-state index contributed by atoms with van der Waals surface area (Å²) in [6, 6.07) is 15.0. The Morgan fingerprint density at radius 1 is 0.957 bits per heavy atom. The highest BCUT2D eigenvalue weighted by molar-refractivity contribution is 6.03. The number of amides is 2. The second-order valence-corrected chi connectivity index (χ2v) is 5.11. The van der Waals surface area contributed by atoms with Gasteiger partial charge in [0.1, 0.15) is 0 Å². The van der Waals surface area contributed by atoms with Crippen LogP contribution in [0.1, 0.15) is 24.5 Å². The molecule has 0 spiro atoms. The Labute approximate surface area is 136 Å². The summed E-state index contributed by atoms with van der Waals surface area (Å²) >= 11 is 0. The van der Waals surface area contributed by atoms with Crippen molar-refractivity contribution in [2.45, 2.75) is 20.3 Å². The highest BCUT2D eigenvalue weighted by atomic mass is 16.2. The van der Waals surface area contributed by atoms with Crippen LogP contribution in [0.25, 0.3) is 6.08 Å². The van der Waals surface area contributed by atoms with E-state index in [1.54, 1.807) is 19.1 Å². The number of rotatable bonds is 5. The van der Waals surface area contributed by atoms with E-state index in [-0.39, 0.29) is 11.8 Å². The van der Waals surface area contributed by atoms with Crippen LogP contribution in [0, 0.1) is 6.92 Å². The van der Waals surface area contributed by atoms with Crippen LogP contribution in [0.15, 0.2) is 54.6 Å². The largest absolute Gasteiger partial charge is 0.326 e. The molecular formula is C19H20N2O2. The lowest BCUT2D eigenvalue weighted by molar-refractivity contribution is -0.116. The number of hydrogen-bond acceptors (Lipinski definition) is 2. The molecule has 0 radical (unpaired) electrons. The first-order valence-corrected chi connectivity index (χ1v) is 7.53. The third-order valence-electron chi connectivity index (χ3n) is 3.41. The first-order valence-electron chi connectivity index (χ1n) is 7.53. The van der Waals surface area contributed by atoms with Crippen molar-refractivity contribution >= 4 is 29.3 Å². The molecule has 0 aliphatic carbocycles. The van der Waals surface area contributed by atoms with E-state index in [1.165, 1.54) is 6.08 Å². The maximum Gasteiger partial charge on any atom is 0.248 e. The Kier molecular flexibility index (Phi) is 5.69. The molecule has 4 nitrogen and oxygen atoms in total. The Bertz CT molecular complexity index is 721. The predicted octanol–water partition coefficient (Wildman–Crippen LogP) is 4.00. The van der Waals surface area contributed by atoms with Crippen LogP contribution in [-0.4, -0.2) is 11.8 Å². The van der Waals surface area contributed by atoms with Crippen molar-refractivity contribution in [2.75, 3.05) is 10.6 Å². The lowest BCUT2D eigenvalue weighted by Crippen LogP contribution is -2.13. The summed E-state index contributed by atoms with van der Waals surface area (Å²) in [5.41, 5.74) is 3.18. The Morgan fingerprint density at radius 3 is 2.26 bits per heavy atom. The van der Waals surface area contributed by atoms with Gasteiger partial charge < -0.3 is 10.6 Å². The van der Waals surface area contributed by atoms with E-state index in [0.717, 1.165) is 11.1 Å². The monoisotopic (exact) mass is 308 g/mol. The first kappa shape index (κ1) is 16.5. The zero-order chi connectivity index (χ0) is 16.7. The van der Waals surface area contributed by atoms with Crippen LogP contribution in [0.4, 0.5) is 11.4 Å². The van der Waals surface area contributed by atoms with E-state index < -0.39 is 0 Å². The predicted molar refractivity (Wildman–Crippen MR) is 94.2 cm³/mol. The molecule has 0 bridgehead atoms. The minimum Gasteiger partial charge on any atom is -0.326 e. The smallest absolute Gasteiger partial charge is 0.248 e. The molecule has 0 aromatic heterocycles. The molecule has 2 amide bonds. The zero-order valence-electron chi connectivity index (χ0n) is 13.3. The van der Waals surface area contributed by atoms with E-state index in [9.17, 15) is 9.59 Å². The second kappa shape index (κ2) is 7.94. The van der Waals surface area contributed by atoms with E-state index >= 15 is 0 Å². The van der Waals surface area contributed by atoms with Crippen LogP contribution in [0.3, 0.4) is 0 Å². The normalized spacial score (nSPS) is 10.5. The quantitative estimate of drug-likeness (QED) is 0.820. The number of carbonyl (C=O) groups is 2. The van der Waals surface area contributed by atoms with Gasteiger partial charge in [0.25, 0.3) is 0 Å². The molecular weight excluding hydrogens is 288 g/mol. The number of hydrogen-bond donors (Lipinski definition) is 2. The molecule has 0 aliphatic rings. The number of carbonyl (C=O) groups excluding carboxylic acids is 2. The number of nitrogens with one attached hydrogen (secondary N) is 2. The summed E-state index contributed by atoms with van der Waals surface area (Å²) in [5.74, 6) is -0.267. The fourth-order valence-corrected chi connectivity index (χ4v) is 2.06. The molecule has 2 rings (SSSR count). The van der Waals surface area contributed by atoms with Gasteiger partial charge in [-0.1, -0.05) is 43.3 Å². The molecule has 23 heavy (non-hydrogen) atoms. The molecule has 0 fully saturated rings. The van der Waals surface area contributed by atoms with Gasteiger partial charge in [0.2, 0.25) is 11.8 Å². The van der Waals surface area contributed by atoms with Gasteiger partial charge in [-0.2, -0.15) is 0 Å². The molecule has 0 saturated heterocycles. The molecule has 2 aromatic carbocycles. The first-order chi connectivity index (χ1) is 11.1. The number of benzene rings is 2. The van der Waals surface area contributed by atoms with Crippen molar-refractivity contribution in [1.29, 1.82) is 0 Å². The zero-order valence-corrected chi connectivity index (χ0v) is 13.3. The van der Waals surface area contributed by atoms with E-state index in [4.69, 9.17) is 0 Å². The fraction of sp³-hybridized carbons (Fsp3) is 0.158. The van der Waals surface area contributed by atoms with E-state index in [0.29, 0.717) is 17.8 Å². The Balaban J connectivity index is 2.07. The van der Waals surface area contributed by atoms with Crippen LogP contribution < -0.4 is 10.6 Å². The molecule has 2 aromatic rings. The summed E-state index contributed by atoms with van der Waals surface area (Å²) in [6.45, 7) is 3.66. The van der Waals surface area contributed by atoms with E-state index in [2.05, 4.69) is 10.6 Å². The molecule has 0 heterocycles. The minimum atomic E-state index is -0.212. The lowest BCUT2D eigenvalue weighted by Gasteiger charge is -2.12. The van der Waals surface area contributed by atoms with E-state index in [1.807, 2.05) is 49.4 Å². The summed E-state index contributed by atoms with van der Waals surface area (Å²) in [5, 5.41) is 5.66. The highest BCUT2D eigenvalue weighted by Gasteiger charge is 2.07. The van der Waals surface area contributed by atoms with Gasteiger partial charge in [0.05, 0.1) is 0 Å². The van der Waals surface area contributed by atoms with Gasteiger partial charge in [-0.15, -0.1) is 0 Å². The van der Waals surface area contributed by atoms with Crippen LogP contribution in [0.5, 0.6) is 0 Å². The number of anilines is 2. The van der Waals surface area contributed by atoms with Crippen molar-refractivity contribution in [3.8, 4) is 0 Å². The van der Waals surface area contributed by atoms with Crippen molar-refractivity contribution in [3.63, 3.8) is 0 Å². The SMILES string of the molecule is CCC(=O)Nc1cccc(NC(=O)C=Cc2ccccc2)c1C. The summed E-state index contributed by atoms with van der Waals surface area (Å²) in [7, 11) is 0. The van der Waals surface area contributed by atoms with Crippen molar-refractivity contribution in [1.82, 2.24) is 0 Å². The maximum absolute atomic E-state index is 12.0. The third-order valence-corrected chi connectivity index (χ3v) is 3.41. The van der Waals surface area contributed by atoms with Gasteiger partial charge in [0, 0.05) is 23.9 Å². The van der Waals surface area contributed by atoms with Gasteiger partial charge in [-0.3, -0.25) is 9.59 Å². The molecule has 0 saturated carbocycles. The van der Waals surface area contributed by atoms with Crippen molar-refractivity contribution in [2.24, 2.45) is 0 Å². The molecule has 4 heteroatoms. The lowest BCUT2D eigenvalue weighted by atomic mass is 10.1. The van der Waals surface area contributed by atoms with Gasteiger partial charge in [-0.05, 0) is 36.3 Å². The molecule has 2 N–H and O–H groups in total. The average molecular weight is 308 g/mol. The minimum absolute atomic E-state index is 0.0550. The highest BCUT2D eigenvalue weighted by Crippen LogP contribution is 2.23. The van der Waals surface area contributed by atoms with Crippen molar-refractivity contribution < 1.29 is 9.59 Å². The van der Waals surface area contributed by atoms with Gasteiger partial charge in [0.15, 0.2) is 0 Å². The Hall–Kier alpha value is -2.88.